The standard InChI is InChI=1S/C9H7F3O4/c1-16-8(15)4-2-6(13)7(14)3-5(4)9(10,11)12/h2-3,13-14H,1H3. The minimum Gasteiger partial charge on any atom is -0.504 e. The van der Waals surface area contributed by atoms with Gasteiger partial charge in [0.1, 0.15) is 0 Å². The number of carbonyl (C=O) groups is 1. The predicted octanol–water partition coefficient (Wildman–Crippen LogP) is 1.90. The van der Waals surface area contributed by atoms with E-state index in [1.54, 1.807) is 0 Å². The number of aromatic hydroxyl groups is 2. The molecule has 0 unspecified atom stereocenters. The van der Waals surface area contributed by atoms with Gasteiger partial charge in [0.2, 0.25) is 0 Å². The normalized spacial score (nSPS) is 11.2. The molecule has 1 rings (SSSR count). The lowest BCUT2D eigenvalue weighted by Crippen LogP contribution is -2.14. The van der Waals surface area contributed by atoms with Gasteiger partial charge >= 0.3 is 12.1 Å². The number of alkyl halides is 3. The largest absolute Gasteiger partial charge is 0.504 e. The molecule has 1 aromatic carbocycles. The number of methoxy groups -OCH3 is 1. The maximum absolute atomic E-state index is 12.5. The molecule has 0 bridgehead atoms. The molecule has 7 heteroatoms. The van der Waals surface area contributed by atoms with Crippen molar-refractivity contribution in [3.8, 4) is 11.5 Å². The van der Waals surface area contributed by atoms with Crippen molar-refractivity contribution in [2.24, 2.45) is 0 Å². The number of esters is 1. The van der Waals surface area contributed by atoms with Crippen LogP contribution in [0.5, 0.6) is 11.5 Å². The van der Waals surface area contributed by atoms with Gasteiger partial charge < -0.3 is 14.9 Å². The molecule has 0 heterocycles. The Morgan fingerprint density at radius 3 is 2.19 bits per heavy atom. The van der Waals surface area contributed by atoms with E-state index >= 15 is 0 Å². The third-order valence-corrected chi connectivity index (χ3v) is 1.83. The maximum atomic E-state index is 12.5. The summed E-state index contributed by atoms with van der Waals surface area (Å²) in [5, 5.41) is 17.9. The topological polar surface area (TPSA) is 66.8 Å². The molecule has 0 radical (unpaired) electrons. The van der Waals surface area contributed by atoms with E-state index in [4.69, 9.17) is 10.2 Å². The zero-order chi connectivity index (χ0) is 12.5. The van der Waals surface area contributed by atoms with Crippen molar-refractivity contribution >= 4 is 5.97 Å². The highest BCUT2D eigenvalue weighted by Gasteiger charge is 2.36. The molecule has 0 fully saturated rings. The third-order valence-electron chi connectivity index (χ3n) is 1.83. The van der Waals surface area contributed by atoms with Crippen molar-refractivity contribution < 1.29 is 32.9 Å². The Labute approximate surface area is 87.9 Å². The summed E-state index contributed by atoms with van der Waals surface area (Å²) in [4.78, 5) is 11.0. The van der Waals surface area contributed by atoms with E-state index in [1.807, 2.05) is 0 Å². The number of hydrogen-bond acceptors (Lipinski definition) is 4. The van der Waals surface area contributed by atoms with Gasteiger partial charge in [-0.15, -0.1) is 0 Å². The SMILES string of the molecule is COC(=O)c1cc(O)c(O)cc1C(F)(F)F. The van der Waals surface area contributed by atoms with Gasteiger partial charge in [-0.05, 0) is 12.1 Å². The summed E-state index contributed by atoms with van der Waals surface area (Å²) in [5.74, 6) is -3.03. The molecular formula is C9H7F3O4. The molecule has 16 heavy (non-hydrogen) atoms. The van der Waals surface area contributed by atoms with Crippen molar-refractivity contribution in [1.29, 1.82) is 0 Å². The van der Waals surface area contributed by atoms with Gasteiger partial charge in [0.25, 0.3) is 0 Å². The monoisotopic (exact) mass is 236 g/mol. The molecule has 0 spiro atoms. The Balaban J connectivity index is 3.45. The molecule has 0 atom stereocenters. The Hall–Kier alpha value is -1.92. The number of benzene rings is 1. The number of rotatable bonds is 1. The van der Waals surface area contributed by atoms with Crippen LogP contribution in [0.2, 0.25) is 0 Å². The van der Waals surface area contributed by atoms with E-state index in [-0.39, 0.29) is 6.07 Å². The second-order valence-corrected chi connectivity index (χ2v) is 2.88. The van der Waals surface area contributed by atoms with Crippen molar-refractivity contribution in [3.63, 3.8) is 0 Å². The van der Waals surface area contributed by atoms with Crippen LogP contribution in [0, 0.1) is 0 Å². The first kappa shape index (κ1) is 12.2. The smallest absolute Gasteiger partial charge is 0.417 e. The number of ether oxygens (including phenoxy) is 1. The second kappa shape index (κ2) is 3.92. The minimum atomic E-state index is -4.82. The fourth-order valence-electron chi connectivity index (χ4n) is 1.09. The van der Waals surface area contributed by atoms with Crippen LogP contribution < -0.4 is 0 Å². The van der Waals surface area contributed by atoms with Gasteiger partial charge in [-0.3, -0.25) is 0 Å². The molecule has 4 nitrogen and oxygen atoms in total. The lowest BCUT2D eigenvalue weighted by atomic mass is 10.1. The van der Waals surface area contributed by atoms with Crippen molar-refractivity contribution in [1.82, 2.24) is 0 Å². The van der Waals surface area contributed by atoms with Crippen LogP contribution in [0.1, 0.15) is 15.9 Å². The molecule has 2 N–H and O–H groups in total. The molecule has 88 valence electrons. The van der Waals surface area contributed by atoms with Gasteiger partial charge in [0, 0.05) is 0 Å². The van der Waals surface area contributed by atoms with Crippen LogP contribution in [0.15, 0.2) is 12.1 Å². The molecule has 0 amide bonds. The van der Waals surface area contributed by atoms with Gasteiger partial charge in [0.05, 0.1) is 18.2 Å². The van der Waals surface area contributed by atoms with Crippen LogP contribution in [-0.2, 0) is 10.9 Å². The molecule has 0 saturated carbocycles. The zero-order valence-corrected chi connectivity index (χ0v) is 8.00. The fraction of sp³-hybridized carbons (Fsp3) is 0.222. The van der Waals surface area contributed by atoms with E-state index in [9.17, 15) is 18.0 Å². The summed E-state index contributed by atoms with van der Waals surface area (Å²) in [7, 11) is 0.909. The molecule has 1 aromatic rings. The second-order valence-electron chi connectivity index (χ2n) is 2.88. The highest BCUT2D eigenvalue weighted by atomic mass is 19.4. The first-order valence-electron chi connectivity index (χ1n) is 3.99. The maximum Gasteiger partial charge on any atom is 0.417 e. The van der Waals surface area contributed by atoms with Crippen LogP contribution >= 0.6 is 0 Å². The van der Waals surface area contributed by atoms with Crippen LogP contribution in [0.4, 0.5) is 13.2 Å². The first-order chi connectivity index (χ1) is 7.27. The van der Waals surface area contributed by atoms with Crippen LogP contribution in [-0.4, -0.2) is 23.3 Å². The van der Waals surface area contributed by atoms with E-state index in [0.29, 0.717) is 6.07 Å². The van der Waals surface area contributed by atoms with E-state index in [2.05, 4.69) is 4.74 Å². The average Bonchev–Trinajstić information content (AvgIpc) is 2.18. The Kier molecular flexibility index (Phi) is 2.97. The minimum absolute atomic E-state index is 0.265. The Morgan fingerprint density at radius 1 is 1.25 bits per heavy atom. The first-order valence-corrected chi connectivity index (χ1v) is 3.99. The summed E-state index contributed by atoms with van der Waals surface area (Å²) in [6.07, 6.45) is -4.82. The van der Waals surface area contributed by atoms with Gasteiger partial charge in [-0.1, -0.05) is 0 Å². The summed E-state index contributed by atoms with van der Waals surface area (Å²) in [6, 6.07) is 0.769. The van der Waals surface area contributed by atoms with Gasteiger partial charge in [-0.25, -0.2) is 4.79 Å². The summed E-state index contributed by atoms with van der Waals surface area (Å²) in [6.45, 7) is 0. The van der Waals surface area contributed by atoms with Crippen molar-refractivity contribution in [2.75, 3.05) is 7.11 Å². The predicted molar refractivity (Wildman–Crippen MR) is 46.1 cm³/mol. The highest BCUT2D eigenvalue weighted by molar-refractivity contribution is 5.92. The van der Waals surface area contributed by atoms with E-state index in [1.165, 1.54) is 0 Å². The third kappa shape index (κ3) is 2.18. The molecule has 0 saturated heterocycles. The number of phenolic OH excluding ortho intramolecular Hbond substituents is 2. The quantitative estimate of drug-likeness (QED) is 0.577. The van der Waals surface area contributed by atoms with Crippen LogP contribution in [0.25, 0.3) is 0 Å². The summed E-state index contributed by atoms with van der Waals surface area (Å²) >= 11 is 0. The van der Waals surface area contributed by atoms with Crippen molar-refractivity contribution in [3.05, 3.63) is 23.3 Å². The Morgan fingerprint density at radius 2 is 1.75 bits per heavy atom. The molecule has 0 aromatic heterocycles. The highest BCUT2D eigenvalue weighted by Crippen LogP contribution is 2.38. The van der Waals surface area contributed by atoms with E-state index < -0.39 is 34.8 Å². The number of halogens is 3. The number of hydrogen-bond donors (Lipinski definition) is 2. The van der Waals surface area contributed by atoms with Gasteiger partial charge in [-0.2, -0.15) is 13.2 Å². The number of carbonyl (C=O) groups excluding carboxylic acids is 1. The molecule has 0 aliphatic carbocycles. The molecular weight excluding hydrogens is 229 g/mol. The van der Waals surface area contributed by atoms with E-state index in [0.717, 1.165) is 7.11 Å². The van der Waals surface area contributed by atoms with Crippen LogP contribution in [0.3, 0.4) is 0 Å². The Bertz CT molecular complexity index is 425. The fourth-order valence-corrected chi connectivity index (χ4v) is 1.09. The summed E-state index contributed by atoms with van der Waals surface area (Å²) < 4.78 is 41.5. The average molecular weight is 236 g/mol. The zero-order valence-electron chi connectivity index (χ0n) is 8.00. The van der Waals surface area contributed by atoms with Crippen molar-refractivity contribution in [2.45, 2.75) is 6.18 Å². The molecule has 0 aliphatic heterocycles. The number of phenols is 2. The lowest BCUT2D eigenvalue weighted by Gasteiger charge is -2.12. The lowest BCUT2D eigenvalue weighted by molar-refractivity contribution is -0.138. The molecule has 0 aliphatic rings. The summed E-state index contributed by atoms with van der Waals surface area (Å²) in [5.41, 5.74) is -2.22. The van der Waals surface area contributed by atoms with Gasteiger partial charge in [0.15, 0.2) is 11.5 Å².